The van der Waals surface area contributed by atoms with Crippen LogP contribution < -0.4 is 5.32 Å². The molecule has 1 aromatic rings. The van der Waals surface area contributed by atoms with Crippen LogP contribution in [0, 0.1) is 18.8 Å². The van der Waals surface area contributed by atoms with Crippen LogP contribution in [0.2, 0.25) is 0 Å². The minimum atomic E-state index is -0.350. The van der Waals surface area contributed by atoms with Crippen molar-refractivity contribution in [2.75, 3.05) is 25.6 Å². The van der Waals surface area contributed by atoms with E-state index in [1.807, 2.05) is 13.0 Å². The molecule has 2 unspecified atom stereocenters. The number of carbonyl (C=O) groups is 1. The number of nitrogens with zero attached hydrogens (tertiary/aromatic N) is 1. The highest BCUT2D eigenvalue weighted by Crippen LogP contribution is 2.26. The van der Waals surface area contributed by atoms with E-state index in [-0.39, 0.29) is 5.97 Å². The van der Waals surface area contributed by atoms with Crippen LogP contribution in [0.1, 0.15) is 42.7 Å². The lowest BCUT2D eigenvalue weighted by Crippen LogP contribution is -2.37. The van der Waals surface area contributed by atoms with Crippen LogP contribution in [-0.2, 0) is 9.47 Å². The highest BCUT2D eigenvalue weighted by molar-refractivity contribution is 5.90. The van der Waals surface area contributed by atoms with E-state index in [0.29, 0.717) is 29.2 Å². The monoisotopic (exact) mass is 306 g/mol. The van der Waals surface area contributed by atoms with Crippen molar-refractivity contribution >= 4 is 11.8 Å². The molecule has 1 aromatic heterocycles. The second kappa shape index (κ2) is 7.58. The number of aryl methyl sites for hydroxylation is 1. The Hall–Kier alpha value is -1.62. The van der Waals surface area contributed by atoms with Crippen LogP contribution >= 0.6 is 0 Å². The van der Waals surface area contributed by atoms with Crippen LogP contribution in [0.3, 0.4) is 0 Å². The summed E-state index contributed by atoms with van der Waals surface area (Å²) < 4.78 is 10.6. The number of hydrogen-bond acceptors (Lipinski definition) is 5. The Labute approximate surface area is 132 Å². The molecule has 0 aliphatic carbocycles. The van der Waals surface area contributed by atoms with Gasteiger partial charge < -0.3 is 14.8 Å². The van der Waals surface area contributed by atoms with Gasteiger partial charge in [-0.2, -0.15) is 0 Å². The third-order valence-corrected chi connectivity index (χ3v) is 4.19. The van der Waals surface area contributed by atoms with Crippen molar-refractivity contribution < 1.29 is 14.3 Å². The predicted octanol–water partition coefficient (Wildman–Crippen LogP) is 3.04. The molecule has 1 fully saturated rings. The molecule has 2 atom stereocenters. The molecule has 22 heavy (non-hydrogen) atoms. The van der Waals surface area contributed by atoms with Gasteiger partial charge in [-0.3, -0.25) is 0 Å². The standard InChI is InChI=1S/C17H26N2O3/c1-11(2)16-13(6-5-9-22-16)10-18-15-8-7-14(12(3)19-15)17(20)21-4/h7-8,11,13,16H,5-6,9-10H2,1-4H3,(H,18,19). The van der Waals surface area contributed by atoms with Crippen LogP contribution in [0.15, 0.2) is 12.1 Å². The van der Waals surface area contributed by atoms with Gasteiger partial charge in [0.1, 0.15) is 5.82 Å². The summed E-state index contributed by atoms with van der Waals surface area (Å²) in [6.45, 7) is 7.93. The fourth-order valence-electron chi connectivity index (χ4n) is 3.04. The maximum Gasteiger partial charge on any atom is 0.339 e. The molecule has 1 aliphatic rings. The summed E-state index contributed by atoms with van der Waals surface area (Å²) in [6.07, 6.45) is 2.59. The molecule has 0 saturated carbocycles. The Morgan fingerprint density at radius 2 is 2.27 bits per heavy atom. The van der Waals surface area contributed by atoms with Gasteiger partial charge in [0.25, 0.3) is 0 Å². The average Bonchev–Trinajstić information content (AvgIpc) is 2.52. The van der Waals surface area contributed by atoms with Crippen LogP contribution in [-0.4, -0.2) is 37.3 Å². The second-order valence-electron chi connectivity index (χ2n) is 6.18. The largest absolute Gasteiger partial charge is 0.465 e. The van der Waals surface area contributed by atoms with Gasteiger partial charge in [0.05, 0.1) is 24.5 Å². The topological polar surface area (TPSA) is 60.5 Å². The smallest absolute Gasteiger partial charge is 0.339 e. The summed E-state index contributed by atoms with van der Waals surface area (Å²) in [6, 6.07) is 3.58. The van der Waals surface area contributed by atoms with Gasteiger partial charge in [-0.05, 0) is 37.8 Å². The molecule has 5 heteroatoms. The number of carbonyl (C=O) groups excluding carboxylic acids is 1. The summed E-state index contributed by atoms with van der Waals surface area (Å²) in [5.74, 6) is 1.45. The van der Waals surface area contributed by atoms with E-state index in [1.54, 1.807) is 6.07 Å². The van der Waals surface area contributed by atoms with Crippen molar-refractivity contribution in [3.05, 3.63) is 23.4 Å². The molecule has 0 amide bonds. The minimum absolute atomic E-state index is 0.302. The van der Waals surface area contributed by atoms with Gasteiger partial charge in [0.15, 0.2) is 0 Å². The number of hydrogen-bond donors (Lipinski definition) is 1. The first-order chi connectivity index (χ1) is 10.5. The number of esters is 1. The number of nitrogens with one attached hydrogen (secondary N) is 1. The van der Waals surface area contributed by atoms with Gasteiger partial charge in [-0.25, -0.2) is 9.78 Å². The molecular weight excluding hydrogens is 280 g/mol. The van der Waals surface area contributed by atoms with Gasteiger partial charge in [0, 0.05) is 19.1 Å². The normalized spacial score (nSPS) is 21.7. The maximum atomic E-state index is 11.6. The molecule has 2 rings (SSSR count). The number of aromatic nitrogens is 1. The highest BCUT2D eigenvalue weighted by Gasteiger charge is 2.28. The van der Waals surface area contributed by atoms with E-state index in [9.17, 15) is 4.79 Å². The Kier molecular flexibility index (Phi) is 5.77. The van der Waals surface area contributed by atoms with Crippen molar-refractivity contribution in [1.82, 2.24) is 4.98 Å². The zero-order valence-electron chi connectivity index (χ0n) is 13.9. The van der Waals surface area contributed by atoms with E-state index in [1.165, 1.54) is 13.5 Å². The second-order valence-corrected chi connectivity index (χ2v) is 6.18. The lowest BCUT2D eigenvalue weighted by atomic mass is 9.87. The van der Waals surface area contributed by atoms with E-state index in [2.05, 4.69) is 24.1 Å². The summed E-state index contributed by atoms with van der Waals surface area (Å²) in [5, 5.41) is 3.38. The Balaban J connectivity index is 1.99. The molecule has 0 radical (unpaired) electrons. The minimum Gasteiger partial charge on any atom is -0.465 e. The van der Waals surface area contributed by atoms with E-state index < -0.39 is 0 Å². The lowest BCUT2D eigenvalue weighted by Gasteiger charge is -2.34. The Morgan fingerprint density at radius 1 is 1.50 bits per heavy atom. The summed E-state index contributed by atoms with van der Waals surface area (Å²) in [7, 11) is 1.38. The zero-order chi connectivity index (χ0) is 16.1. The van der Waals surface area contributed by atoms with Crippen LogP contribution in [0.4, 0.5) is 5.82 Å². The SMILES string of the molecule is COC(=O)c1ccc(NCC2CCCOC2C(C)C)nc1C. The molecule has 2 heterocycles. The Morgan fingerprint density at radius 3 is 2.91 bits per heavy atom. The first kappa shape index (κ1) is 16.7. The predicted molar refractivity (Wildman–Crippen MR) is 86.1 cm³/mol. The fraction of sp³-hybridized carbons (Fsp3) is 0.647. The third-order valence-electron chi connectivity index (χ3n) is 4.19. The third kappa shape index (κ3) is 3.97. The van der Waals surface area contributed by atoms with Gasteiger partial charge in [0.2, 0.25) is 0 Å². The zero-order valence-corrected chi connectivity index (χ0v) is 13.9. The summed E-state index contributed by atoms with van der Waals surface area (Å²) in [5.41, 5.74) is 1.19. The van der Waals surface area contributed by atoms with Gasteiger partial charge in [-0.1, -0.05) is 13.8 Å². The quantitative estimate of drug-likeness (QED) is 0.847. The molecule has 0 spiro atoms. The number of rotatable bonds is 5. The molecule has 5 nitrogen and oxygen atoms in total. The molecule has 0 aromatic carbocycles. The van der Waals surface area contributed by atoms with Crippen molar-refractivity contribution in [2.24, 2.45) is 11.8 Å². The number of ether oxygens (including phenoxy) is 2. The number of methoxy groups -OCH3 is 1. The molecule has 0 bridgehead atoms. The molecule has 1 saturated heterocycles. The van der Waals surface area contributed by atoms with Crippen LogP contribution in [0.25, 0.3) is 0 Å². The first-order valence-corrected chi connectivity index (χ1v) is 7.94. The molecule has 1 N–H and O–H groups in total. The summed E-state index contributed by atoms with van der Waals surface area (Å²) in [4.78, 5) is 16.0. The van der Waals surface area contributed by atoms with Gasteiger partial charge >= 0.3 is 5.97 Å². The van der Waals surface area contributed by atoms with Gasteiger partial charge in [-0.15, -0.1) is 0 Å². The summed E-state index contributed by atoms with van der Waals surface area (Å²) >= 11 is 0. The fourth-order valence-corrected chi connectivity index (χ4v) is 3.04. The number of anilines is 1. The van der Waals surface area contributed by atoms with Crippen molar-refractivity contribution in [2.45, 2.75) is 39.7 Å². The molecule has 122 valence electrons. The van der Waals surface area contributed by atoms with Crippen molar-refractivity contribution in [3.8, 4) is 0 Å². The molecular formula is C17H26N2O3. The van der Waals surface area contributed by atoms with E-state index >= 15 is 0 Å². The number of pyridine rings is 1. The first-order valence-electron chi connectivity index (χ1n) is 7.94. The average molecular weight is 306 g/mol. The maximum absolute atomic E-state index is 11.6. The highest BCUT2D eigenvalue weighted by atomic mass is 16.5. The van der Waals surface area contributed by atoms with E-state index in [0.717, 1.165) is 25.4 Å². The molecule has 1 aliphatic heterocycles. The van der Waals surface area contributed by atoms with Crippen molar-refractivity contribution in [1.29, 1.82) is 0 Å². The lowest BCUT2D eigenvalue weighted by molar-refractivity contribution is -0.0481. The van der Waals surface area contributed by atoms with Crippen LogP contribution in [0.5, 0.6) is 0 Å². The Bertz CT molecular complexity index is 517. The van der Waals surface area contributed by atoms with Crippen molar-refractivity contribution in [3.63, 3.8) is 0 Å². The van der Waals surface area contributed by atoms with E-state index in [4.69, 9.17) is 9.47 Å².